The van der Waals surface area contributed by atoms with Crippen molar-refractivity contribution in [2.75, 3.05) is 0 Å². The Labute approximate surface area is 125 Å². The van der Waals surface area contributed by atoms with Crippen LogP contribution in [0.4, 0.5) is 0 Å². The van der Waals surface area contributed by atoms with Crippen molar-refractivity contribution in [3.63, 3.8) is 0 Å². The van der Waals surface area contributed by atoms with Gasteiger partial charge in [0, 0.05) is 0 Å². The predicted molar refractivity (Wildman–Crippen MR) is 38.7 cm³/mol. The van der Waals surface area contributed by atoms with Crippen molar-refractivity contribution < 1.29 is 92.5 Å². The molecule has 0 aliphatic rings. The maximum absolute atomic E-state index is 8.52. The molecule has 0 rings (SSSR count). The van der Waals surface area contributed by atoms with Gasteiger partial charge in [0.2, 0.25) is 0 Å². The molecule has 14 heteroatoms. The third-order valence-electron chi connectivity index (χ3n) is 0. The van der Waals surface area contributed by atoms with E-state index < -0.39 is 24.8 Å². The van der Waals surface area contributed by atoms with Crippen molar-refractivity contribution in [1.29, 1.82) is 0 Å². The van der Waals surface area contributed by atoms with Gasteiger partial charge in [-0.05, 0) is 0 Å². The van der Waals surface area contributed by atoms with Gasteiger partial charge in [0.05, 0.1) is 0 Å². The van der Waals surface area contributed by atoms with Gasteiger partial charge in [-0.25, -0.2) is 0 Å². The summed E-state index contributed by atoms with van der Waals surface area (Å²) in [7, 11) is -10.9. The Bertz CT molecular complexity index is 124. The number of rotatable bonds is 0. The zero-order valence-electron chi connectivity index (χ0n) is 8.17. The fourth-order valence-electron chi connectivity index (χ4n) is 0. The van der Waals surface area contributed by atoms with Crippen LogP contribution in [0.5, 0.6) is 0 Å². The molecule has 9 nitrogen and oxygen atoms in total. The molecule has 0 bridgehead atoms. The van der Waals surface area contributed by atoms with Crippen LogP contribution in [0.1, 0.15) is 0 Å². The Morgan fingerprint density at radius 3 is 0.562 bits per heavy atom. The Hall–Kier alpha value is 2.22. The molecule has 0 aromatic heterocycles. The Morgan fingerprint density at radius 2 is 0.562 bits per heavy atom. The Kier molecular flexibility index (Phi) is 69.5. The van der Waals surface area contributed by atoms with Crippen molar-refractivity contribution in [1.82, 2.24) is 0 Å². The van der Waals surface area contributed by atoms with Crippen LogP contribution in [0.3, 0.4) is 0 Å². The van der Waals surface area contributed by atoms with Crippen LogP contribution in [0.2, 0.25) is 9.26 Å². The molecular formula is C2H9O9P3Zr2. The van der Waals surface area contributed by atoms with Gasteiger partial charge < -0.3 is 43.1 Å². The first-order valence-electron chi connectivity index (χ1n) is 2.84. The molecule has 0 aromatic carbocycles. The summed E-state index contributed by atoms with van der Waals surface area (Å²) in [6.45, 7) is 0. The molecule has 0 unspecified atom stereocenters. The van der Waals surface area contributed by atoms with Crippen molar-refractivity contribution in [3.05, 3.63) is 0 Å². The summed E-state index contributed by atoms with van der Waals surface area (Å²) in [5.41, 5.74) is 0. The van der Waals surface area contributed by atoms with E-state index in [0.717, 1.165) is 0 Å². The monoisotopic (exact) mass is 450 g/mol. The molecule has 16 heavy (non-hydrogen) atoms. The van der Waals surface area contributed by atoms with E-state index in [1.165, 1.54) is 0 Å². The average molecular weight is 452 g/mol. The first-order chi connectivity index (χ1) is 7.20. The first kappa shape index (κ1) is 30.9. The van der Waals surface area contributed by atoms with E-state index in [4.69, 9.17) is 43.1 Å². The molecule has 0 atom stereocenters. The SMILES string of the molecule is O=[PH]([O-])[O-].O=[PH]([O-])[O-].O=[PH]([O-])[O-].[CH3][Zr+3].[CH3][Zr+3]. The third-order valence-corrected chi connectivity index (χ3v) is 0. The van der Waals surface area contributed by atoms with Crippen molar-refractivity contribution in [3.8, 4) is 0 Å². The fourth-order valence-corrected chi connectivity index (χ4v) is 0. The van der Waals surface area contributed by atoms with Gasteiger partial charge in [-0.1, -0.05) is 24.8 Å². The molecule has 94 valence electrons. The normalized spacial score (nSPS) is 7.44. The zero-order chi connectivity index (χ0) is 14.7. The van der Waals surface area contributed by atoms with Crippen LogP contribution >= 0.6 is 24.8 Å². The van der Waals surface area contributed by atoms with E-state index in [1.54, 1.807) is 49.4 Å². The molecule has 0 saturated heterocycles. The van der Waals surface area contributed by atoms with E-state index in [9.17, 15) is 0 Å². The molecule has 0 N–H and O–H groups in total. The van der Waals surface area contributed by atoms with Crippen molar-refractivity contribution in [2.45, 2.75) is 9.26 Å². The van der Waals surface area contributed by atoms with Crippen LogP contribution in [0, 0.1) is 0 Å². The molecule has 0 aliphatic carbocycles. The van der Waals surface area contributed by atoms with Crippen molar-refractivity contribution >= 4 is 24.8 Å². The number of hydrogen-bond donors (Lipinski definition) is 0. The minimum atomic E-state index is -3.63. The zero-order valence-corrected chi connectivity index (χ0v) is 16.1. The van der Waals surface area contributed by atoms with Gasteiger partial charge >= 0.3 is 58.7 Å². The van der Waals surface area contributed by atoms with Gasteiger partial charge in [-0.15, -0.1) is 0 Å². The summed E-state index contributed by atoms with van der Waals surface area (Å²) >= 11 is 3.10. The predicted octanol–water partition coefficient (Wildman–Crippen LogP) is -4.55. The molecule has 0 heterocycles. The molecule has 0 aromatic rings. The summed E-state index contributed by atoms with van der Waals surface area (Å²) in [6.07, 6.45) is 0. The second-order valence-electron chi connectivity index (χ2n) is 0.750. The Balaban J connectivity index is -0.0000000327. The molecular weight excluding hydrogens is 443 g/mol. The number of hydrogen-bond acceptors (Lipinski definition) is 9. The molecule has 0 spiro atoms. The van der Waals surface area contributed by atoms with Gasteiger partial charge in [0.25, 0.3) is 0 Å². The summed E-state index contributed by atoms with van der Waals surface area (Å²) in [4.78, 5) is 51.1. The van der Waals surface area contributed by atoms with Crippen LogP contribution in [-0.4, -0.2) is 0 Å². The average Bonchev–Trinajstić information content (AvgIpc) is 2.07. The third kappa shape index (κ3) is 764. The summed E-state index contributed by atoms with van der Waals surface area (Å²) < 4.78 is 29.7. The quantitative estimate of drug-likeness (QED) is 0.326. The van der Waals surface area contributed by atoms with Crippen molar-refractivity contribution in [2.24, 2.45) is 0 Å². The standard InChI is InChI=1S/2CH3.3H3O3P.2Zr/c;;3*1-4(2)3;;/h2*1H3;3*4H,(H2,1,2,3);;/q;;;;;2*+3/p-6. The first-order valence-corrected chi connectivity index (χ1v) is 11.4. The van der Waals surface area contributed by atoms with Crippen LogP contribution in [-0.2, 0) is 63.1 Å². The van der Waals surface area contributed by atoms with Crippen LogP contribution < -0.4 is 29.4 Å². The summed E-state index contributed by atoms with van der Waals surface area (Å²) in [5.74, 6) is 0. The van der Waals surface area contributed by atoms with Gasteiger partial charge in [0.1, 0.15) is 0 Å². The van der Waals surface area contributed by atoms with E-state index in [2.05, 4.69) is 9.26 Å². The Morgan fingerprint density at radius 1 is 0.562 bits per heavy atom. The summed E-state index contributed by atoms with van der Waals surface area (Å²) in [6, 6.07) is 0. The van der Waals surface area contributed by atoms with E-state index >= 15 is 0 Å². The van der Waals surface area contributed by atoms with Crippen LogP contribution in [0.15, 0.2) is 0 Å². The second-order valence-corrected chi connectivity index (χ2v) is 2.25. The molecule has 0 amide bonds. The van der Waals surface area contributed by atoms with Gasteiger partial charge in [0.15, 0.2) is 0 Å². The fraction of sp³-hybridized carbons (Fsp3) is 1.00. The van der Waals surface area contributed by atoms with E-state index in [0.29, 0.717) is 0 Å². The molecule has 0 fully saturated rings. The van der Waals surface area contributed by atoms with Gasteiger partial charge in [-0.3, -0.25) is 0 Å². The summed E-state index contributed by atoms with van der Waals surface area (Å²) in [5, 5.41) is 0. The maximum atomic E-state index is 8.52. The van der Waals surface area contributed by atoms with E-state index in [1.807, 2.05) is 0 Å². The van der Waals surface area contributed by atoms with Gasteiger partial charge in [-0.2, -0.15) is 0 Å². The molecule has 0 aliphatic heterocycles. The van der Waals surface area contributed by atoms with E-state index in [-0.39, 0.29) is 0 Å². The minimum absolute atomic E-state index is 1.55. The second kappa shape index (κ2) is 36.0. The molecule has 0 radical (unpaired) electrons. The molecule has 0 saturated carbocycles. The van der Waals surface area contributed by atoms with Crippen LogP contribution in [0.25, 0.3) is 0 Å². The topological polar surface area (TPSA) is 190 Å².